The van der Waals surface area contributed by atoms with E-state index in [0.717, 1.165) is 5.56 Å². The molecular weight excluding hydrogens is 599 g/mol. The van der Waals surface area contributed by atoms with Gasteiger partial charge in [0.2, 0.25) is 23.6 Å². The molecule has 13 heteroatoms. The molecule has 47 heavy (non-hydrogen) atoms. The van der Waals surface area contributed by atoms with Gasteiger partial charge in [0.1, 0.15) is 19.5 Å². The molecule has 0 aromatic heterocycles. The second kappa shape index (κ2) is 19.1. The largest absolute Gasteiger partial charge is 0.456 e. The standard InChI is InChI=1S/C34H51BN6O6/c1-23(2)19-29(32(43)38-28(15-9-10-17-36)34(45)41-18-16-26(22-41)35(46)47)40-33(44)30(21-25-13-7-4-8-14-25)39-31(42)27(37)20-24-11-5-3-6-12-24/h3-8,11-14,23,26-30,46-47H,9-10,15-22,36-37H2,1-2H3,(H,38,43)(H,39,42)(H,40,44)/t26-,27+,28-,29-,30-/m0/s1/i/hD3. The second-order valence-corrected chi connectivity index (χ2v) is 12.6. The summed E-state index contributed by atoms with van der Waals surface area (Å²) in [6, 6.07) is 12.6. The fourth-order valence-corrected chi connectivity index (χ4v) is 5.58. The normalized spacial score (nSPS) is 17.9. The highest BCUT2D eigenvalue weighted by Crippen LogP contribution is 2.24. The molecule has 0 saturated carbocycles. The molecule has 0 spiro atoms. The maximum atomic E-state index is 14.2. The lowest BCUT2D eigenvalue weighted by molar-refractivity contribution is -0.137. The molecular formula is C34H51BN6O6. The first-order valence-electron chi connectivity index (χ1n) is 17.8. The van der Waals surface area contributed by atoms with Crippen LogP contribution >= 0.6 is 0 Å². The van der Waals surface area contributed by atoms with Crippen molar-refractivity contribution in [3.63, 3.8) is 0 Å². The van der Waals surface area contributed by atoms with Crippen LogP contribution in [-0.2, 0) is 32.0 Å². The molecule has 1 aliphatic rings. The van der Waals surface area contributed by atoms with Crippen LogP contribution in [-0.4, -0.2) is 89.5 Å². The minimum atomic E-state index is -1.57. The number of hydrogen-bond donors (Lipinski definition) is 7. The van der Waals surface area contributed by atoms with E-state index in [1.165, 1.54) is 4.90 Å². The summed E-state index contributed by atoms with van der Waals surface area (Å²) in [5.41, 5.74) is 9.24. The third-order valence-electron chi connectivity index (χ3n) is 8.22. The van der Waals surface area contributed by atoms with Gasteiger partial charge < -0.3 is 42.3 Å². The van der Waals surface area contributed by atoms with Crippen molar-refractivity contribution in [2.75, 3.05) is 19.6 Å². The van der Waals surface area contributed by atoms with Crippen molar-refractivity contribution in [1.29, 1.82) is 0 Å². The first kappa shape index (κ1) is 33.1. The zero-order chi connectivity index (χ0) is 36.8. The molecule has 12 nitrogen and oxygen atoms in total. The molecule has 9 N–H and O–H groups in total. The quantitative estimate of drug-likeness (QED) is 0.0840. The van der Waals surface area contributed by atoms with Gasteiger partial charge in [0.05, 0.1) is 6.04 Å². The predicted octanol–water partition coefficient (Wildman–Crippen LogP) is 0.504. The second-order valence-electron chi connectivity index (χ2n) is 12.6. The molecule has 0 aliphatic carbocycles. The molecule has 1 heterocycles. The van der Waals surface area contributed by atoms with Crippen molar-refractivity contribution < 1.29 is 33.5 Å². The van der Waals surface area contributed by atoms with E-state index in [1.54, 1.807) is 54.6 Å². The molecule has 256 valence electrons. The van der Waals surface area contributed by atoms with Crippen LogP contribution in [0.15, 0.2) is 60.7 Å². The monoisotopic (exact) mass is 653 g/mol. The number of amides is 4. The fourth-order valence-electron chi connectivity index (χ4n) is 5.58. The smallest absolute Gasteiger partial charge is 0.427 e. The van der Waals surface area contributed by atoms with Crippen molar-refractivity contribution in [3.05, 3.63) is 71.8 Å². The van der Waals surface area contributed by atoms with Crippen molar-refractivity contribution in [1.82, 2.24) is 20.8 Å². The number of unbranched alkanes of at least 4 members (excludes halogenated alkanes) is 1. The summed E-state index contributed by atoms with van der Waals surface area (Å²) in [5, 5.41) is 23.0. The van der Waals surface area contributed by atoms with Gasteiger partial charge in [-0.25, -0.2) is 0 Å². The number of hydrogen-bond acceptors (Lipinski definition) is 8. The van der Waals surface area contributed by atoms with E-state index >= 15 is 0 Å². The zero-order valence-corrected chi connectivity index (χ0v) is 27.3. The average Bonchev–Trinajstić information content (AvgIpc) is 3.62. The van der Waals surface area contributed by atoms with Crippen LogP contribution in [0.1, 0.15) is 57.1 Å². The third-order valence-corrected chi connectivity index (χ3v) is 8.22. The Morgan fingerprint density at radius 1 is 0.915 bits per heavy atom. The summed E-state index contributed by atoms with van der Waals surface area (Å²) in [6.07, 6.45) is 1.79. The Kier molecular flexibility index (Phi) is 13.5. The van der Waals surface area contributed by atoms with E-state index in [1.807, 2.05) is 19.9 Å². The van der Waals surface area contributed by atoms with Crippen LogP contribution in [0.25, 0.3) is 0 Å². The van der Waals surface area contributed by atoms with Gasteiger partial charge in [-0.3, -0.25) is 19.2 Å². The molecule has 1 fully saturated rings. The van der Waals surface area contributed by atoms with Gasteiger partial charge in [0.25, 0.3) is 0 Å². The van der Waals surface area contributed by atoms with Gasteiger partial charge in [0.15, 0.2) is 2.82 Å². The van der Waals surface area contributed by atoms with Crippen LogP contribution in [0.4, 0.5) is 0 Å². The van der Waals surface area contributed by atoms with Gasteiger partial charge >= 0.3 is 7.12 Å². The van der Waals surface area contributed by atoms with Gasteiger partial charge in [-0.05, 0) is 62.1 Å². The predicted molar refractivity (Wildman–Crippen MR) is 182 cm³/mol. The minimum absolute atomic E-state index is 0.0577. The molecule has 0 bridgehead atoms. The van der Waals surface area contributed by atoms with Crippen LogP contribution in [0.3, 0.4) is 0 Å². The molecule has 2 aromatic rings. The highest BCUT2D eigenvalue weighted by atomic mass is 16.4. The minimum Gasteiger partial charge on any atom is -0.427 e. The van der Waals surface area contributed by atoms with Crippen molar-refractivity contribution in [3.8, 4) is 0 Å². The first-order chi connectivity index (χ1) is 23.9. The Hall–Kier alpha value is -3.78. The number of carbonyl (C=O) groups is 4. The summed E-state index contributed by atoms with van der Waals surface area (Å²) in [6.45, 7) is 4.43. The number of benzene rings is 2. The Labute approximate surface area is 282 Å². The van der Waals surface area contributed by atoms with E-state index in [4.69, 9.17) is 9.97 Å². The molecule has 0 unspecified atom stereocenters. The van der Waals surface area contributed by atoms with Gasteiger partial charge in [0, 0.05) is 25.3 Å². The van der Waals surface area contributed by atoms with E-state index < -0.39 is 60.7 Å². The highest BCUT2D eigenvalue weighted by Gasteiger charge is 2.37. The van der Waals surface area contributed by atoms with Crippen molar-refractivity contribution in [2.45, 2.75) is 88.8 Å². The summed E-state index contributed by atoms with van der Waals surface area (Å²) in [5.74, 6) is -3.62. The van der Waals surface area contributed by atoms with Crippen molar-refractivity contribution >= 4 is 30.7 Å². The summed E-state index contributed by atoms with van der Waals surface area (Å²) in [4.78, 5) is 56.8. The lowest BCUT2D eigenvalue weighted by Crippen LogP contribution is -2.58. The number of nitrogens with one attached hydrogen (secondary N) is 3. The lowest BCUT2D eigenvalue weighted by atomic mass is 9.72. The molecule has 3 rings (SSSR count). The van der Waals surface area contributed by atoms with Crippen LogP contribution in [0, 0.1) is 5.92 Å². The van der Waals surface area contributed by atoms with Crippen molar-refractivity contribution in [2.24, 2.45) is 17.4 Å². The van der Waals surface area contributed by atoms with E-state index in [-0.39, 0.29) is 44.7 Å². The van der Waals surface area contributed by atoms with Gasteiger partial charge in [-0.15, -0.1) is 0 Å². The number of likely N-dealkylation sites (tertiary alicyclic amines) is 1. The highest BCUT2D eigenvalue weighted by molar-refractivity contribution is 6.43. The zero-order valence-electron chi connectivity index (χ0n) is 30.3. The summed E-state index contributed by atoms with van der Waals surface area (Å²) >= 11 is 0. The molecule has 5 atom stereocenters. The number of nitrogens with two attached hydrogens (primary N) is 2. The van der Waals surface area contributed by atoms with Gasteiger partial charge in [-0.2, -0.15) is 0 Å². The Bertz CT molecular complexity index is 1380. The SMILES string of the molecule is [2H]N[C@H](Cc1ccccc1)C(=O)N([2H])[C@@H](Cc1ccccc1)C(=O)N([2H])[C@@H](CC(C)C)C(=O)N[C@@H](CCCCN)C(=O)N1CC[C@H](B(O)O)C1. The van der Waals surface area contributed by atoms with Gasteiger partial charge in [-0.1, -0.05) is 74.5 Å². The number of rotatable bonds is 19. The van der Waals surface area contributed by atoms with Crippen LogP contribution < -0.4 is 27.4 Å². The lowest BCUT2D eigenvalue weighted by Gasteiger charge is -2.28. The third kappa shape index (κ3) is 12.4. The van der Waals surface area contributed by atoms with E-state index in [2.05, 4.69) is 11.0 Å². The number of nitrogens with zero attached hydrogens (tertiary/aromatic N) is 1. The van der Waals surface area contributed by atoms with E-state index in [9.17, 15) is 29.2 Å². The number of carbonyl (C=O) groups excluding carboxylic acids is 4. The maximum absolute atomic E-state index is 14.2. The average molecular weight is 654 g/mol. The Balaban J connectivity index is 1.88. The van der Waals surface area contributed by atoms with E-state index in [0.29, 0.717) is 42.0 Å². The summed E-state index contributed by atoms with van der Waals surface area (Å²) in [7, 11) is -1.57. The molecule has 1 aliphatic heterocycles. The maximum Gasteiger partial charge on any atom is 0.456 e. The van der Waals surface area contributed by atoms with Crippen LogP contribution in [0.5, 0.6) is 0 Å². The fraction of sp³-hybridized carbons (Fsp3) is 0.529. The molecule has 2 aromatic carbocycles. The Morgan fingerprint density at radius 2 is 1.53 bits per heavy atom. The molecule has 4 amide bonds. The summed E-state index contributed by atoms with van der Waals surface area (Å²) < 4.78 is 25.6. The molecule has 0 radical (unpaired) electrons. The topological polar surface area (TPSA) is 200 Å². The first-order valence-corrected chi connectivity index (χ1v) is 16.4. The Morgan fingerprint density at radius 3 is 2.09 bits per heavy atom. The van der Waals surface area contributed by atoms with Crippen LogP contribution in [0.2, 0.25) is 10.1 Å². The molecule has 1 saturated heterocycles.